The maximum Gasteiger partial charge on any atom is 0.211 e. The lowest BCUT2D eigenvalue weighted by Gasteiger charge is -2.39. The fourth-order valence-electron chi connectivity index (χ4n) is 3.98. The Balaban J connectivity index is 1.65. The molecule has 27 heavy (non-hydrogen) atoms. The van der Waals surface area contributed by atoms with Gasteiger partial charge in [-0.3, -0.25) is 4.99 Å². The first-order valence-corrected chi connectivity index (χ1v) is 11.7. The normalized spacial score (nSPS) is 27.9. The Morgan fingerprint density at radius 1 is 1.30 bits per heavy atom. The number of guanidine groups is 1. The van der Waals surface area contributed by atoms with Crippen molar-refractivity contribution in [2.75, 3.05) is 45.5 Å². The molecule has 0 aromatic carbocycles. The molecule has 0 spiro atoms. The molecule has 0 amide bonds. The van der Waals surface area contributed by atoms with E-state index in [9.17, 15) is 8.42 Å². The van der Waals surface area contributed by atoms with E-state index in [0.717, 1.165) is 38.4 Å². The van der Waals surface area contributed by atoms with Crippen LogP contribution < -0.4 is 5.32 Å². The number of rotatable bonds is 5. The highest BCUT2D eigenvalue weighted by molar-refractivity contribution is 7.88. The van der Waals surface area contributed by atoms with Gasteiger partial charge in [-0.2, -0.15) is 0 Å². The summed E-state index contributed by atoms with van der Waals surface area (Å²) in [5.41, 5.74) is 0. The molecule has 0 saturated carbocycles. The molecule has 0 radical (unpaired) electrons. The summed E-state index contributed by atoms with van der Waals surface area (Å²) in [6.07, 6.45) is 9.04. The van der Waals surface area contributed by atoms with E-state index in [1.807, 2.05) is 18.7 Å². The second kappa shape index (κ2) is 8.60. The van der Waals surface area contributed by atoms with Gasteiger partial charge in [0.25, 0.3) is 0 Å². The highest BCUT2D eigenvalue weighted by Gasteiger charge is 2.30. The van der Waals surface area contributed by atoms with Gasteiger partial charge in [-0.25, -0.2) is 17.7 Å². The summed E-state index contributed by atoms with van der Waals surface area (Å²) in [5.74, 6) is 1.82. The third-order valence-electron chi connectivity index (χ3n) is 5.68. The number of hydrogen-bond donors (Lipinski definition) is 1. The minimum atomic E-state index is -3.09. The highest BCUT2D eigenvalue weighted by atomic mass is 32.2. The van der Waals surface area contributed by atoms with Gasteiger partial charge in [0, 0.05) is 51.7 Å². The maximum atomic E-state index is 11.7. The Kier molecular flexibility index (Phi) is 6.41. The van der Waals surface area contributed by atoms with Crippen molar-refractivity contribution in [3.8, 4) is 0 Å². The van der Waals surface area contributed by atoms with E-state index in [0.29, 0.717) is 37.5 Å². The van der Waals surface area contributed by atoms with Crippen LogP contribution in [-0.2, 0) is 10.0 Å². The molecule has 3 atom stereocenters. The number of aliphatic imine (C=N–C) groups is 1. The van der Waals surface area contributed by atoms with Gasteiger partial charge >= 0.3 is 0 Å². The third-order valence-corrected chi connectivity index (χ3v) is 6.95. The van der Waals surface area contributed by atoms with Crippen LogP contribution in [0.15, 0.2) is 23.7 Å². The number of sulfonamides is 1. The molecule has 9 heteroatoms. The molecule has 2 aliphatic rings. The van der Waals surface area contributed by atoms with Crippen LogP contribution in [0.1, 0.15) is 32.7 Å². The van der Waals surface area contributed by atoms with E-state index in [1.165, 1.54) is 6.26 Å². The van der Waals surface area contributed by atoms with E-state index < -0.39 is 10.0 Å². The second-order valence-corrected chi connectivity index (χ2v) is 9.74. The predicted molar refractivity (Wildman–Crippen MR) is 107 cm³/mol. The van der Waals surface area contributed by atoms with Crippen molar-refractivity contribution in [3.63, 3.8) is 0 Å². The van der Waals surface area contributed by atoms with Crippen LogP contribution in [-0.4, -0.2) is 78.7 Å². The van der Waals surface area contributed by atoms with Crippen LogP contribution in [0.3, 0.4) is 0 Å². The molecule has 1 aromatic rings. The number of likely N-dealkylation sites (tertiary alicyclic amines) is 1. The van der Waals surface area contributed by atoms with Gasteiger partial charge in [-0.05, 0) is 31.6 Å². The van der Waals surface area contributed by atoms with E-state index in [4.69, 9.17) is 4.99 Å². The molecule has 3 heterocycles. The van der Waals surface area contributed by atoms with Crippen molar-refractivity contribution in [2.24, 2.45) is 16.8 Å². The first kappa shape index (κ1) is 20.1. The average Bonchev–Trinajstić information content (AvgIpc) is 3.30. The summed E-state index contributed by atoms with van der Waals surface area (Å²) in [7, 11) is -3.09. The smallest absolute Gasteiger partial charge is 0.211 e. The Hall–Kier alpha value is -1.61. The maximum absolute atomic E-state index is 11.7. The first-order chi connectivity index (χ1) is 12.9. The second-order valence-electron chi connectivity index (χ2n) is 7.76. The summed E-state index contributed by atoms with van der Waals surface area (Å²) < 4.78 is 27.2. The minimum absolute atomic E-state index is 0.293. The number of piperidine rings is 1. The molecular formula is C18H32N6O2S. The zero-order valence-corrected chi connectivity index (χ0v) is 17.4. The molecule has 2 aliphatic heterocycles. The van der Waals surface area contributed by atoms with Gasteiger partial charge in [0.1, 0.15) is 0 Å². The molecule has 0 bridgehead atoms. The minimum Gasteiger partial charge on any atom is -0.357 e. The largest absolute Gasteiger partial charge is 0.357 e. The number of nitrogens with zero attached hydrogens (tertiary/aromatic N) is 5. The zero-order chi connectivity index (χ0) is 19.4. The molecule has 2 saturated heterocycles. The lowest BCUT2D eigenvalue weighted by atomic mass is 9.93. The van der Waals surface area contributed by atoms with Crippen LogP contribution in [0, 0.1) is 11.8 Å². The summed E-state index contributed by atoms with van der Waals surface area (Å²) in [6.45, 7) is 8.94. The highest BCUT2D eigenvalue weighted by Crippen LogP contribution is 2.27. The topological polar surface area (TPSA) is 82.8 Å². The lowest BCUT2D eigenvalue weighted by Crippen LogP contribution is -2.49. The van der Waals surface area contributed by atoms with E-state index >= 15 is 0 Å². The number of aromatic nitrogens is 2. The Bertz CT molecular complexity index is 733. The molecular weight excluding hydrogens is 364 g/mol. The number of hydrogen-bond acceptors (Lipinski definition) is 4. The van der Waals surface area contributed by atoms with Crippen LogP contribution in [0.2, 0.25) is 0 Å². The SMILES string of the molecule is CCNC(=NCC1CCN(S(C)(=O)=O)C1)N1CCC(C)C(n2ccnc2)C1. The monoisotopic (exact) mass is 396 g/mol. The molecule has 152 valence electrons. The van der Waals surface area contributed by atoms with E-state index in [1.54, 1.807) is 4.31 Å². The Morgan fingerprint density at radius 2 is 2.11 bits per heavy atom. The molecule has 3 unspecified atom stereocenters. The van der Waals surface area contributed by atoms with Crippen molar-refractivity contribution in [1.82, 2.24) is 24.1 Å². The molecule has 0 aliphatic carbocycles. The standard InChI is InChI=1S/C18H32N6O2S/c1-4-20-18(21-11-16-6-9-24(12-16)27(3,25)26)22-8-5-15(2)17(13-22)23-10-7-19-14-23/h7,10,14-17H,4-6,8-9,11-13H2,1-3H3,(H,20,21). The molecule has 1 N–H and O–H groups in total. The lowest BCUT2D eigenvalue weighted by molar-refractivity contribution is 0.189. The predicted octanol–water partition coefficient (Wildman–Crippen LogP) is 1.01. The van der Waals surface area contributed by atoms with Gasteiger partial charge in [0.2, 0.25) is 10.0 Å². The van der Waals surface area contributed by atoms with Crippen LogP contribution in [0.4, 0.5) is 0 Å². The third kappa shape index (κ3) is 5.01. The summed E-state index contributed by atoms with van der Waals surface area (Å²) in [6, 6.07) is 0.386. The number of imidazole rings is 1. The fourth-order valence-corrected chi connectivity index (χ4v) is 4.90. The van der Waals surface area contributed by atoms with E-state index in [2.05, 4.69) is 33.6 Å². The molecule has 2 fully saturated rings. The van der Waals surface area contributed by atoms with Crippen molar-refractivity contribution >= 4 is 16.0 Å². The van der Waals surface area contributed by atoms with Crippen LogP contribution in [0.25, 0.3) is 0 Å². The van der Waals surface area contributed by atoms with Gasteiger partial charge < -0.3 is 14.8 Å². The van der Waals surface area contributed by atoms with Crippen molar-refractivity contribution in [1.29, 1.82) is 0 Å². The van der Waals surface area contributed by atoms with Crippen LogP contribution >= 0.6 is 0 Å². The number of nitrogens with one attached hydrogen (secondary N) is 1. The summed E-state index contributed by atoms with van der Waals surface area (Å²) in [4.78, 5) is 11.4. The van der Waals surface area contributed by atoms with Gasteiger partial charge in [-0.15, -0.1) is 0 Å². The summed E-state index contributed by atoms with van der Waals surface area (Å²) in [5, 5.41) is 3.42. The zero-order valence-electron chi connectivity index (χ0n) is 16.6. The Morgan fingerprint density at radius 3 is 2.74 bits per heavy atom. The average molecular weight is 397 g/mol. The van der Waals surface area contributed by atoms with Crippen molar-refractivity contribution in [2.45, 2.75) is 32.7 Å². The van der Waals surface area contributed by atoms with Gasteiger partial charge in [0.15, 0.2) is 5.96 Å². The van der Waals surface area contributed by atoms with Crippen molar-refractivity contribution < 1.29 is 8.42 Å². The van der Waals surface area contributed by atoms with Crippen molar-refractivity contribution in [3.05, 3.63) is 18.7 Å². The summed E-state index contributed by atoms with van der Waals surface area (Å²) >= 11 is 0. The molecule has 3 rings (SSSR count). The van der Waals surface area contributed by atoms with E-state index in [-0.39, 0.29) is 0 Å². The van der Waals surface area contributed by atoms with Gasteiger partial charge in [-0.1, -0.05) is 6.92 Å². The quantitative estimate of drug-likeness (QED) is 0.593. The first-order valence-electron chi connectivity index (χ1n) is 9.84. The molecule has 1 aromatic heterocycles. The Labute approximate surface area is 162 Å². The van der Waals surface area contributed by atoms with Crippen LogP contribution in [0.5, 0.6) is 0 Å². The molecule has 8 nitrogen and oxygen atoms in total. The fraction of sp³-hybridized carbons (Fsp3) is 0.778. The van der Waals surface area contributed by atoms with Gasteiger partial charge in [0.05, 0.1) is 18.6 Å².